The summed E-state index contributed by atoms with van der Waals surface area (Å²) in [6, 6.07) is 9.70. The van der Waals surface area contributed by atoms with Gasteiger partial charge in [0.05, 0.1) is 35.7 Å². The third-order valence-electron chi connectivity index (χ3n) is 15.0. The third kappa shape index (κ3) is 13.0. The number of likely N-dealkylation sites (tertiary alicyclic amines) is 1. The summed E-state index contributed by atoms with van der Waals surface area (Å²) in [7, 11) is 0. The van der Waals surface area contributed by atoms with Gasteiger partial charge in [0.15, 0.2) is 5.82 Å². The lowest BCUT2D eigenvalue weighted by Gasteiger charge is -2.39. The number of β-amino-alcohol motifs (C(OH)–C–C–N with tert-alkyl or cyclic N) is 1. The fourth-order valence-electron chi connectivity index (χ4n) is 10.6. The van der Waals surface area contributed by atoms with Gasteiger partial charge in [0.25, 0.3) is 0 Å². The van der Waals surface area contributed by atoms with E-state index in [1.165, 1.54) is 23.6 Å². The minimum atomic E-state index is -0.920. The predicted octanol–water partition coefficient (Wildman–Crippen LogP) is 4.49. The van der Waals surface area contributed by atoms with Crippen LogP contribution in [0.4, 0.5) is 11.6 Å². The highest BCUT2D eigenvalue weighted by Crippen LogP contribution is 2.39. The van der Waals surface area contributed by atoms with Gasteiger partial charge in [-0.05, 0) is 74.6 Å². The number of amides is 4. The van der Waals surface area contributed by atoms with Crippen molar-refractivity contribution in [1.82, 2.24) is 50.1 Å². The van der Waals surface area contributed by atoms with Crippen LogP contribution in [0.2, 0.25) is 5.02 Å². The molecule has 21 heteroatoms. The van der Waals surface area contributed by atoms with Gasteiger partial charge < -0.3 is 46.2 Å². The van der Waals surface area contributed by atoms with E-state index in [1.807, 2.05) is 73.7 Å². The van der Waals surface area contributed by atoms with E-state index in [4.69, 9.17) is 27.3 Å². The molecule has 74 heavy (non-hydrogen) atoms. The molecule has 0 unspecified atom stereocenters. The molecule has 0 radical (unpaired) electrons. The van der Waals surface area contributed by atoms with E-state index in [-0.39, 0.29) is 48.8 Å². The second kappa shape index (κ2) is 23.7. The van der Waals surface area contributed by atoms with Crippen LogP contribution < -0.4 is 26.2 Å². The Morgan fingerprint density at radius 3 is 2.26 bits per heavy atom. The number of aliphatic hydroxyl groups is 2. The Balaban J connectivity index is 0.864. The highest BCUT2D eigenvalue weighted by Gasteiger charge is 2.45. The second-order valence-corrected chi connectivity index (χ2v) is 23.1. The van der Waals surface area contributed by atoms with Gasteiger partial charge >= 0.3 is 0 Å². The van der Waals surface area contributed by atoms with Crippen molar-refractivity contribution in [3.8, 4) is 11.3 Å². The molecule has 4 aliphatic heterocycles. The number of aliphatic hydroxyl groups excluding tert-OH is 2. The Kier molecular flexibility index (Phi) is 17.5. The number of halogens is 1. The van der Waals surface area contributed by atoms with E-state index in [2.05, 4.69) is 42.3 Å². The molecular weight excluding hydrogens is 982 g/mol. The zero-order chi connectivity index (χ0) is 52.9. The fourth-order valence-corrected chi connectivity index (χ4v) is 11.8. The van der Waals surface area contributed by atoms with E-state index in [9.17, 15) is 29.4 Å². The molecule has 4 aliphatic rings. The smallest absolute Gasteiger partial charge is 0.246 e. The first-order chi connectivity index (χ1) is 35.3. The van der Waals surface area contributed by atoms with Gasteiger partial charge in [-0.2, -0.15) is 5.10 Å². The number of hydrogen-bond donors (Lipinski definition) is 5. The molecule has 4 atom stereocenters. The monoisotopic (exact) mass is 1060 g/mol. The number of nitrogens with zero attached hydrogens (tertiary/aromatic N) is 10. The molecule has 0 bridgehead atoms. The summed E-state index contributed by atoms with van der Waals surface area (Å²) in [6.45, 7) is 17.5. The maximum atomic E-state index is 14.3. The Bertz CT molecular complexity index is 2600. The number of pyridine rings is 1. The zero-order valence-electron chi connectivity index (χ0n) is 43.7. The van der Waals surface area contributed by atoms with Crippen LogP contribution >= 0.6 is 23.4 Å². The first-order valence-electron chi connectivity index (χ1n) is 26.1. The van der Waals surface area contributed by atoms with Crippen LogP contribution in [0, 0.1) is 11.3 Å². The largest absolute Gasteiger partial charge is 0.391 e. The molecule has 7 heterocycles. The first kappa shape index (κ1) is 54.9. The Labute approximate surface area is 444 Å². The average molecular weight is 1060 g/mol. The van der Waals surface area contributed by atoms with Gasteiger partial charge in [0, 0.05) is 114 Å². The molecule has 0 aliphatic carbocycles. The van der Waals surface area contributed by atoms with Crippen molar-refractivity contribution in [1.29, 1.82) is 0 Å². The summed E-state index contributed by atoms with van der Waals surface area (Å²) in [5, 5.41) is 32.6. The highest BCUT2D eigenvalue weighted by molar-refractivity contribution is 7.99. The lowest BCUT2D eigenvalue weighted by molar-refractivity contribution is -0.144. The lowest BCUT2D eigenvalue weighted by atomic mass is 9.85. The van der Waals surface area contributed by atoms with E-state index >= 15 is 0 Å². The van der Waals surface area contributed by atoms with Gasteiger partial charge in [0.1, 0.15) is 28.6 Å². The van der Waals surface area contributed by atoms with Gasteiger partial charge in [-0.1, -0.05) is 68.4 Å². The number of rotatable bonds is 16. The van der Waals surface area contributed by atoms with Gasteiger partial charge in [0.2, 0.25) is 23.6 Å². The third-order valence-corrected chi connectivity index (χ3v) is 16.5. The molecule has 4 aromatic rings. The molecule has 4 amide bonds. The normalized spacial score (nSPS) is 20.6. The van der Waals surface area contributed by atoms with Crippen molar-refractivity contribution in [3.63, 3.8) is 0 Å². The first-order valence-corrected chi connectivity index (χ1v) is 27.3. The van der Waals surface area contributed by atoms with Crippen molar-refractivity contribution in [2.45, 2.75) is 133 Å². The number of aromatic nitrogens is 5. The van der Waals surface area contributed by atoms with E-state index in [0.29, 0.717) is 92.5 Å². The maximum absolute atomic E-state index is 14.3. The van der Waals surface area contributed by atoms with Gasteiger partial charge in [-0.3, -0.25) is 28.8 Å². The Morgan fingerprint density at radius 2 is 1.61 bits per heavy atom. The van der Waals surface area contributed by atoms with Crippen LogP contribution in [0.5, 0.6) is 0 Å². The molecule has 0 spiro atoms. The van der Waals surface area contributed by atoms with Crippen LogP contribution in [0.3, 0.4) is 0 Å². The Hall–Kier alpha value is -5.38. The molecule has 4 fully saturated rings. The number of benzene rings is 1. The topological polar surface area (TPSA) is 232 Å². The van der Waals surface area contributed by atoms with E-state index in [0.717, 1.165) is 54.2 Å². The predicted molar refractivity (Wildman–Crippen MR) is 285 cm³/mol. The molecule has 6 N–H and O–H groups in total. The van der Waals surface area contributed by atoms with Crippen LogP contribution in [-0.4, -0.2) is 162 Å². The van der Waals surface area contributed by atoms with Crippen LogP contribution in [0.1, 0.15) is 97.4 Å². The molecular formula is C53H74ClN13O6S. The maximum Gasteiger partial charge on any atom is 0.246 e. The lowest BCUT2D eigenvalue weighted by Crippen LogP contribution is -2.57. The number of piperazine rings is 1. The number of nitrogens with two attached hydrogens (primary N) is 1. The molecule has 19 nitrogen and oxygen atoms in total. The van der Waals surface area contributed by atoms with Crippen molar-refractivity contribution >= 4 is 58.6 Å². The molecule has 400 valence electrons. The SMILES string of the molecule is CCn1nccc1-c1ccc([C@H](CCN2CCN(C(=O)C3CCN(c4nccc(Sc5cnc(N6CCC(C)(N)CC6)c(CO)n5)c4Cl)CC3)CC2)NC(=O)[C@@H]2C[C@@H](O)CN2C(=O)[C@@H](NC(C)=O)C(C)(C)C)cc1. The summed E-state index contributed by atoms with van der Waals surface area (Å²) in [6.07, 6.45) is 8.01. The number of piperidine rings is 2. The second-order valence-electron chi connectivity index (χ2n) is 21.7. The summed E-state index contributed by atoms with van der Waals surface area (Å²) in [4.78, 5) is 79.4. The highest BCUT2D eigenvalue weighted by atomic mass is 35.5. The van der Waals surface area contributed by atoms with Crippen LogP contribution in [0.25, 0.3) is 11.3 Å². The van der Waals surface area contributed by atoms with Crippen molar-refractivity contribution in [2.24, 2.45) is 17.1 Å². The zero-order valence-corrected chi connectivity index (χ0v) is 45.2. The fraction of sp³-hybridized carbons (Fsp3) is 0.585. The number of hydrogen-bond acceptors (Lipinski definition) is 15. The number of anilines is 2. The quantitative estimate of drug-likeness (QED) is 0.104. The standard InChI is InChI=1S/C53H74ClN13O6S/c1-7-67-41(12-20-58-67)36-10-8-35(9-11-36)39(61-49(71)42-30-38(70)32-66(42)51(73)46(52(3,4)5)59-34(2)69)16-21-62-26-28-65(29-27-62)50(72)37-14-22-63(23-15-37)48-45(54)43(13-19-56-48)74-44-31-57-47(40(33-68)60-44)64-24-17-53(6,55)18-25-64/h8-13,19-20,31,37-39,42,46,68,70H,7,14-18,21-30,32-33,55H2,1-6H3,(H,59,69)(H,61,71)/t38-,39+,42+,46-/m1/s1. The molecule has 0 saturated carbocycles. The number of carbonyl (C=O) groups excluding carboxylic acids is 4. The molecule has 8 rings (SSSR count). The van der Waals surface area contributed by atoms with Crippen LogP contribution in [-0.2, 0) is 32.3 Å². The van der Waals surface area contributed by atoms with E-state index in [1.54, 1.807) is 18.6 Å². The number of carbonyl (C=O) groups is 4. The minimum Gasteiger partial charge on any atom is -0.391 e. The molecule has 4 saturated heterocycles. The van der Waals surface area contributed by atoms with Gasteiger partial charge in [-0.15, -0.1) is 0 Å². The van der Waals surface area contributed by atoms with Gasteiger partial charge in [-0.25, -0.2) is 15.0 Å². The summed E-state index contributed by atoms with van der Waals surface area (Å²) in [5.41, 5.74) is 8.90. The van der Waals surface area contributed by atoms with Crippen LogP contribution in [0.15, 0.2) is 64.9 Å². The Morgan fingerprint density at radius 1 is 0.919 bits per heavy atom. The van der Waals surface area contributed by atoms with Crippen molar-refractivity contribution < 1.29 is 29.4 Å². The number of aryl methyl sites for hydroxylation is 1. The summed E-state index contributed by atoms with van der Waals surface area (Å²) >= 11 is 8.41. The van der Waals surface area contributed by atoms with Crippen molar-refractivity contribution in [3.05, 3.63) is 71.3 Å². The number of nitrogens with one attached hydrogen (secondary N) is 2. The van der Waals surface area contributed by atoms with Crippen molar-refractivity contribution in [2.75, 3.05) is 75.2 Å². The minimum absolute atomic E-state index is 0.00945. The summed E-state index contributed by atoms with van der Waals surface area (Å²) in [5.74, 6) is 0.272. The summed E-state index contributed by atoms with van der Waals surface area (Å²) < 4.78 is 1.93. The van der Waals surface area contributed by atoms with E-state index < -0.39 is 35.6 Å². The molecule has 3 aromatic heterocycles. The molecule has 1 aromatic carbocycles. The average Bonchev–Trinajstić information content (AvgIpc) is 4.04.